The third kappa shape index (κ3) is 1.98. The summed E-state index contributed by atoms with van der Waals surface area (Å²) in [6, 6.07) is 5.58. The number of amides is 1. The third-order valence-corrected chi connectivity index (χ3v) is 3.10. The summed E-state index contributed by atoms with van der Waals surface area (Å²) in [4.78, 5) is 13.2. The van der Waals surface area contributed by atoms with Crippen LogP contribution in [-0.4, -0.2) is 23.9 Å². The Kier molecular flexibility index (Phi) is 2.67. The van der Waals surface area contributed by atoms with Gasteiger partial charge in [0, 0.05) is 11.6 Å². The summed E-state index contributed by atoms with van der Waals surface area (Å²) in [5, 5.41) is 0.736. The van der Waals surface area contributed by atoms with Gasteiger partial charge in [-0.15, -0.1) is 0 Å². The minimum absolute atomic E-state index is 0.196. The molecule has 1 aliphatic rings. The SMILES string of the molecule is CN1Cc2cc(Cl)ccc2C[C@@H]1C(N)=O. The molecule has 0 saturated heterocycles. The second-order valence-corrected chi connectivity index (χ2v) is 4.39. The van der Waals surface area contributed by atoms with Gasteiger partial charge in [-0.2, -0.15) is 0 Å². The molecular weight excluding hydrogens is 212 g/mol. The number of carbonyl (C=O) groups is 1. The predicted molar refractivity (Wildman–Crippen MR) is 59.6 cm³/mol. The largest absolute Gasteiger partial charge is 0.368 e. The highest BCUT2D eigenvalue weighted by atomic mass is 35.5. The number of rotatable bonds is 1. The monoisotopic (exact) mass is 224 g/mol. The van der Waals surface area contributed by atoms with Gasteiger partial charge in [-0.25, -0.2) is 0 Å². The molecule has 0 aliphatic carbocycles. The molecule has 1 heterocycles. The van der Waals surface area contributed by atoms with Gasteiger partial charge in [0.1, 0.15) is 0 Å². The summed E-state index contributed by atoms with van der Waals surface area (Å²) in [6.07, 6.45) is 0.679. The van der Waals surface area contributed by atoms with E-state index in [-0.39, 0.29) is 11.9 Å². The molecule has 1 amide bonds. The van der Waals surface area contributed by atoms with Crippen LogP contribution in [0, 0.1) is 0 Å². The van der Waals surface area contributed by atoms with Crippen molar-refractivity contribution in [1.29, 1.82) is 0 Å². The number of primary amides is 1. The lowest BCUT2D eigenvalue weighted by atomic mass is 9.94. The Hall–Kier alpha value is -1.06. The number of carbonyl (C=O) groups excluding carboxylic acids is 1. The molecule has 15 heavy (non-hydrogen) atoms. The van der Waals surface area contributed by atoms with Gasteiger partial charge in [0.15, 0.2) is 0 Å². The number of likely N-dealkylation sites (N-methyl/N-ethyl adjacent to an activating group) is 1. The number of nitrogens with two attached hydrogens (primary N) is 1. The molecular formula is C11H13ClN2O. The van der Waals surface area contributed by atoms with E-state index in [1.54, 1.807) is 0 Å². The highest BCUT2D eigenvalue weighted by Crippen LogP contribution is 2.24. The first-order valence-electron chi connectivity index (χ1n) is 4.85. The van der Waals surface area contributed by atoms with E-state index in [9.17, 15) is 4.79 Å². The van der Waals surface area contributed by atoms with Crippen molar-refractivity contribution in [1.82, 2.24) is 4.90 Å². The van der Waals surface area contributed by atoms with Crippen LogP contribution >= 0.6 is 11.6 Å². The second kappa shape index (κ2) is 3.83. The van der Waals surface area contributed by atoms with Gasteiger partial charge in [0.25, 0.3) is 0 Å². The first kappa shape index (κ1) is 10.5. The van der Waals surface area contributed by atoms with Gasteiger partial charge >= 0.3 is 0 Å². The molecule has 0 saturated carbocycles. The maximum atomic E-state index is 11.2. The topological polar surface area (TPSA) is 46.3 Å². The Labute approximate surface area is 93.8 Å². The molecule has 1 aliphatic heterocycles. The van der Waals surface area contributed by atoms with Crippen molar-refractivity contribution in [3.63, 3.8) is 0 Å². The van der Waals surface area contributed by atoms with Gasteiger partial charge in [0.05, 0.1) is 6.04 Å². The number of halogens is 1. The fourth-order valence-corrected chi connectivity index (χ4v) is 2.20. The lowest BCUT2D eigenvalue weighted by molar-refractivity contribution is -0.123. The van der Waals surface area contributed by atoms with E-state index in [0.29, 0.717) is 6.42 Å². The molecule has 4 heteroatoms. The van der Waals surface area contributed by atoms with Gasteiger partial charge in [-0.05, 0) is 36.7 Å². The summed E-state index contributed by atoms with van der Waals surface area (Å²) >= 11 is 5.91. The highest BCUT2D eigenvalue weighted by Gasteiger charge is 2.27. The molecule has 0 radical (unpaired) electrons. The molecule has 2 rings (SSSR count). The molecule has 0 aromatic heterocycles. The van der Waals surface area contributed by atoms with Crippen molar-refractivity contribution >= 4 is 17.5 Å². The molecule has 1 aromatic rings. The number of hydrogen-bond acceptors (Lipinski definition) is 2. The van der Waals surface area contributed by atoms with Crippen LogP contribution in [0.25, 0.3) is 0 Å². The molecule has 3 nitrogen and oxygen atoms in total. The van der Waals surface area contributed by atoms with Crippen LogP contribution in [0.15, 0.2) is 18.2 Å². The third-order valence-electron chi connectivity index (χ3n) is 2.86. The van der Waals surface area contributed by atoms with E-state index in [1.807, 2.05) is 30.1 Å². The van der Waals surface area contributed by atoms with Crippen molar-refractivity contribution in [3.05, 3.63) is 34.3 Å². The van der Waals surface area contributed by atoms with Gasteiger partial charge in [-0.3, -0.25) is 9.69 Å². The van der Waals surface area contributed by atoms with Crippen LogP contribution in [0.1, 0.15) is 11.1 Å². The number of hydrogen-bond donors (Lipinski definition) is 1. The summed E-state index contributed by atoms with van der Waals surface area (Å²) in [5.41, 5.74) is 7.69. The van der Waals surface area contributed by atoms with E-state index in [1.165, 1.54) is 11.1 Å². The maximum Gasteiger partial charge on any atom is 0.235 e. The Morgan fingerprint density at radius 3 is 2.93 bits per heavy atom. The minimum atomic E-state index is -0.266. The zero-order valence-corrected chi connectivity index (χ0v) is 9.29. The normalized spacial score (nSPS) is 21.1. The Bertz CT molecular complexity index is 406. The number of fused-ring (bicyclic) bond motifs is 1. The average Bonchev–Trinajstić information content (AvgIpc) is 2.15. The second-order valence-electron chi connectivity index (χ2n) is 3.95. The number of nitrogens with zero attached hydrogens (tertiary/aromatic N) is 1. The molecule has 0 fully saturated rings. The molecule has 2 N–H and O–H groups in total. The highest BCUT2D eigenvalue weighted by molar-refractivity contribution is 6.30. The van der Waals surface area contributed by atoms with Crippen LogP contribution in [0.5, 0.6) is 0 Å². The first-order chi connectivity index (χ1) is 7.08. The molecule has 1 aromatic carbocycles. The van der Waals surface area contributed by atoms with Crippen LogP contribution in [-0.2, 0) is 17.8 Å². The standard InChI is InChI=1S/C11H13ClN2O/c1-14-6-8-4-9(12)3-2-7(8)5-10(14)11(13)15/h2-4,10H,5-6H2,1H3,(H2,13,15)/t10-/m1/s1. The van der Waals surface area contributed by atoms with E-state index in [0.717, 1.165) is 11.6 Å². The maximum absolute atomic E-state index is 11.2. The average molecular weight is 225 g/mol. The smallest absolute Gasteiger partial charge is 0.235 e. The Morgan fingerprint density at radius 2 is 2.27 bits per heavy atom. The summed E-state index contributed by atoms with van der Waals surface area (Å²) in [6.45, 7) is 0.726. The summed E-state index contributed by atoms with van der Waals surface area (Å²) in [7, 11) is 1.90. The lowest BCUT2D eigenvalue weighted by Crippen LogP contribution is -2.46. The van der Waals surface area contributed by atoms with Crippen molar-refractivity contribution in [2.24, 2.45) is 5.73 Å². The fourth-order valence-electron chi connectivity index (χ4n) is 2.00. The van der Waals surface area contributed by atoms with Gasteiger partial charge in [-0.1, -0.05) is 17.7 Å². The van der Waals surface area contributed by atoms with Crippen LogP contribution in [0.3, 0.4) is 0 Å². The Balaban J connectivity index is 2.33. The zero-order valence-electron chi connectivity index (χ0n) is 8.53. The fraction of sp³-hybridized carbons (Fsp3) is 0.364. The number of benzene rings is 1. The molecule has 0 bridgehead atoms. The van der Waals surface area contributed by atoms with Crippen LogP contribution in [0.2, 0.25) is 5.02 Å². The minimum Gasteiger partial charge on any atom is -0.368 e. The lowest BCUT2D eigenvalue weighted by Gasteiger charge is -2.31. The van der Waals surface area contributed by atoms with Crippen LogP contribution < -0.4 is 5.73 Å². The molecule has 0 spiro atoms. The van der Waals surface area contributed by atoms with E-state index >= 15 is 0 Å². The summed E-state index contributed by atoms with van der Waals surface area (Å²) < 4.78 is 0. The van der Waals surface area contributed by atoms with Crippen molar-refractivity contribution < 1.29 is 4.79 Å². The van der Waals surface area contributed by atoms with E-state index in [2.05, 4.69) is 0 Å². The van der Waals surface area contributed by atoms with Crippen molar-refractivity contribution in [3.8, 4) is 0 Å². The van der Waals surface area contributed by atoms with Crippen molar-refractivity contribution in [2.45, 2.75) is 19.0 Å². The van der Waals surface area contributed by atoms with E-state index in [4.69, 9.17) is 17.3 Å². The van der Waals surface area contributed by atoms with Crippen molar-refractivity contribution in [2.75, 3.05) is 7.05 Å². The first-order valence-corrected chi connectivity index (χ1v) is 5.22. The van der Waals surface area contributed by atoms with Gasteiger partial charge in [0.2, 0.25) is 5.91 Å². The molecule has 0 unspecified atom stereocenters. The Morgan fingerprint density at radius 1 is 1.53 bits per heavy atom. The van der Waals surface area contributed by atoms with Crippen LogP contribution in [0.4, 0.5) is 0 Å². The summed E-state index contributed by atoms with van der Waals surface area (Å²) in [5.74, 6) is -0.266. The quantitative estimate of drug-likeness (QED) is 0.779. The zero-order chi connectivity index (χ0) is 11.0. The van der Waals surface area contributed by atoms with Gasteiger partial charge < -0.3 is 5.73 Å². The van der Waals surface area contributed by atoms with E-state index < -0.39 is 0 Å². The molecule has 1 atom stereocenters. The predicted octanol–water partition coefficient (Wildman–Crippen LogP) is 1.18. The molecule has 80 valence electrons.